The molecule has 0 aliphatic rings. The molecular formula is C14H21N3O3. The highest BCUT2D eigenvalue weighted by atomic mass is 16.5. The second-order valence-corrected chi connectivity index (χ2v) is 4.65. The summed E-state index contributed by atoms with van der Waals surface area (Å²) in [5.74, 6) is 0.221. The van der Waals surface area contributed by atoms with E-state index in [9.17, 15) is 9.59 Å². The number of carbonyl (C=O) groups is 2. The monoisotopic (exact) mass is 279 g/mol. The van der Waals surface area contributed by atoms with Crippen LogP contribution in [0.2, 0.25) is 0 Å². The molecule has 1 rings (SSSR count). The van der Waals surface area contributed by atoms with Gasteiger partial charge in [0.15, 0.2) is 0 Å². The number of ether oxygens (including phenoxy) is 1. The van der Waals surface area contributed by atoms with Gasteiger partial charge in [-0.05, 0) is 12.1 Å². The summed E-state index contributed by atoms with van der Waals surface area (Å²) in [6, 6.07) is 4.87. The van der Waals surface area contributed by atoms with Crippen LogP contribution in [0.3, 0.4) is 0 Å². The molecule has 0 aromatic heterocycles. The Labute approximate surface area is 118 Å². The fraction of sp³-hybridized carbons (Fsp3) is 0.429. The van der Waals surface area contributed by atoms with Gasteiger partial charge in [-0.2, -0.15) is 0 Å². The quantitative estimate of drug-likeness (QED) is 0.530. The van der Waals surface area contributed by atoms with Gasteiger partial charge in [-0.15, -0.1) is 0 Å². The van der Waals surface area contributed by atoms with Crippen molar-refractivity contribution >= 4 is 17.5 Å². The molecule has 6 nitrogen and oxygen atoms in total. The number of hydrogen-bond acceptors (Lipinski definition) is 4. The lowest BCUT2D eigenvalue weighted by Gasteiger charge is -2.10. The molecule has 1 aromatic rings. The van der Waals surface area contributed by atoms with E-state index in [2.05, 4.69) is 10.6 Å². The Morgan fingerprint density at radius 3 is 2.45 bits per heavy atom. The third kappa shape index (κ3) is 4.46. The normalized spacial score (nSPS) is 10.2. The summed E-state index contributed by atoms with van der Waals surface area (Å²) in [5.41, 5.74) is 6.52. The maximum absolute atomic E-state index is 11.9. The molecule has 2 amide bonds. The van der Waals surface area contributed by atoms with Crippen LogP contribution in [0.1, 0.15) is 24.2 Å². The molecule has 1 aromatic carbocycles. The number of benzene rings is 1. The molecule has 6 heteroatoms. The maximum Gasteiger partial charge on any atom is 0.253 e. The molecule has 0 spiro atoms. The molecule has 110 valence electrons. The van der Waals surface area contributed by atoms with Crippen LogP contribution in [0.25, 0.3) is 0 Å². The molecule has 0 fully saturated rings. The van der Waals surface area contributed by atoms with Crippen molar-refractivity contribution in [3.63, 3.8) is 0 Å². The van der Waals surface area contributed by atoms with E-state index in [1.54, 1.807) is 18.2 Å². The number of carbonyl (C=O) groups excluding carboxylic acids is 2. The highest BCUT2D eigenvalue weighted by Gasteiger charge is 2.10. The summed E-state index contributed by atoms with van der Waals surface area (Å²) in [7, 11) is 1.53. The van der Waals surface area contributed by atoms with Gasteiger partial charge < -0.3 is 21.1 Å². The van der Waals surface area contributed by atoms with Crippen LogP contribution in [0.4, 0.5) is 5.69 Å². The number of rotatable bonds is 6. The van der Waals surface area contributed by atoms with E-state index in [-0.39, 0.29) is 17.7 Å². The lowest BCUT2D eigenvalue weighted by atomic mass is 10.1. The van der Waals surface area contributed by atoms with Crippen LogP contribution in [-0.4, -0.2) is 32.0 Å². The molecule has 4 N–H and O–H groups in total. The Morgan fingerprint density at radius 2 is 1.90 bits per heavy atom. The number of nitrogens with one attached hydrogen (secondary N) is 2. The summed E-state index contributed by atoms with van der Waals surface area (Å²) < 4.78 is 5.02. The fourth-order valence-corrected chi connectivity index (χ4v) is 1.54. The number of amides is 2. The molecule has 0 saturated heterocycles. The minimum atomic E-state index is -0.274. The van der Waals surface area contributed by atoms with Gasteiger partial charge in [0.1, 0.15) is 5.75 Å². The minimum Gasteiger partial charge on any atom is -0.497 e. The van der Waals surface area contributed by atoms with Crippen molar-refractivity contribution in [2.75, 3.05) is 25.9 Å². The number of anilines is 1. The first-order valence-electron chi connectivity index (χ1n) is 6.45. The van der Waals surface area contributed by atoms with Gasteiger partial charge in [-0.1, -0.05) is 13.8 Å². The average molecular weight is 279 g/mol. The third-order valence-electron chi connectivity index (χ3n) is 2.74. The topological polar surface area (TPSA) is 93.5 Å². The lowest BCUT2D eigenvalue weighted by molar-refractivity contribution is -0.123. The predicted octanol–water partition coefficient (Wildman–Crippen LogP) is 0.779. The van der Waals surface area contributed by atoms with Crippen molar-refractivity contribution in [1.82, 2.24) is 10.6 Å². The summed E-state index contributed by atoms with van der Waals surface area (Å²) >= 11 is 0. The standard InChI is InChI=1S/C14H21N3O3/c1-9(2)13(18)16-6-7-17-14(19)11-5-4-10(20-3)8-12(11)15/h4-5,8-9H,6-7,15H2,1-3H3,(H,16,18)(H,17,19). The lowest BCUT2D eigenvalue weighted by Crippen LogP contribution is -2.36. The van der Waals surface area contributed by atoms with Gasteiger partial charge in [0.25, 0.3) is 5.91 Å². The molecule has 0 atom stereocenters. The summed E-state index contributed by atoms with van der Waals surface area (Å²) in [4.78, 5) is 23.2. The van der Waals surface area contributed by atoms with Crippen molar-refractivity contribution < 1.29 is 14.3 Å². The largest absolute Gasteiger partial charge is 0.497 e. The molecular weight excluding hydrogens is 258 g/mol. The Bertz CT molecular complexity index is 487. The predicted molar refractivity (Wildman–Crippen MR) is 77.6 cm³/mol. The zero-order valence-corrected chi connectivity index (χ0v) is 12.0. The Balaban J connectivity index is 2.45. The van der Waals surface area contributed by atoms with Crippen molar-refractivity contribution in [1.29, 1.82) is 0 Å². The van der Waals surface area contributed by atoms with E-state index >= 15 is 0 Å². The number of nitrogen functional groups attached to an aromatic ring is 1. The van der Waals surface area contributed by atoms with Gasteiger partial charge in [0.2, 0.25) is 5.91 Å². The Kier molecular flexibility index (Phi) is 5.83. The number of nitrogens with two attached hydrogens (primary N) is 1. The fourth-order valence-electron chi connectivity index (χ4n) is 1.54. The first-order valence-corrected chi connectivity index (χ1v) is 6.45. The van der Waals surface area contributed by atoms with Crippen molar-refractivity contribution in [3.05, 3.63) is 23.8 Å². The molecule has 0 bridgehead atoms. The number of methoxy groups -OCH3 is 1. The van der Waals surface area contributed by atoms with Crippen LogP contribution in [0, 0.1) is 5.92 Å². The third-order valence-corrected chi connectivity index (χ3v) is 2.74. The molecule has 0 unspecified atom stereocenters. The van der Waals surface area contributed by atoms with Crippen LogP contribution in [-0.2, 0) is 4.79 Å². The van der Waals surface area contributed by atoms with Gasteiger partial charge in [0, 0.05) is 30.8 Å². The molecule has 0 saturated carbocycles. The smallest absolute Gasteiger partial charge is 0.253 e. The molecule has 0 aliphatic heterocycles. The SMILES string of the molecule is COc1ccc(C(=O)NCCNC(=O)C(C)C)c(N)c1. The van der Waals surface area contributed by atoms with E-state index in [1.165, 1.54) is 7.11 Å². The second-order valence-electron chi connectivity index (χ2n) is 4.65. The molecule has 0 heterocycles. The van der Waals surface area contributed by atoms with Gasteiger partial charge in [-0.25, -0.2) is 0 Å². The molecule has 20 heavy (non-hydrogen) atoms. The summed E-state index contributed by atoms with van der Waals surface area (Å²) in [6.45, 7) is 4.36. The second kappa shape index (κ2) is 7.37. The summed E-state index contributed by atoms with van der Waals surface area (Å²) in [5, 5.41) is 5.41. The number of hydrogen-bond donors (Lipinski definition) is 3. The first kappa shape index (κ1) is 15.8. The summed E-state index contributed by atoms with van der Waals surface area (Å²) in [6.07, 6.45) is 0. The highest BCUT2D eigenvalue weighted by Crippen LogP contribution is 2.19. The maximum atomic E-state index is 11.9. The van der Waals surface area contributed by atoms with E-state index in [1.807, 2.05) is 13.8 Å². The van der Waals surface area contributed by atoms with E-state index < -0.39 is 0 Å². The van der Waals surface area contributed by atoms with Gasteiger partial charge in [0.05, 0.1) is 12.7 Å². The molecule has 0 radical (unpaired) electrons. The average Bonchev–Trinajstić information content (AvgIpc) is 2.42. The van der Waals surface area contributed by atoms with Crippen LogP contribution in [0.5, 0.6) is 5.75 Å². The molecule has 0 aliphatic carbocycles. The van der Waals surface area contributed by atoms with Gasteiger partial charge in [-0.3, -0.25) is 9.59 Å². The minimum absolute atomic E-state index is 0.0387. The Morgan fingerprint density at radius 1 is 1.25 bits per heavy atom. The van der Waals surface area contributed by atoms with Crippen molar-refractivity contribution in [2.45, 2.75) is 13.8 Å². The van der Waals surface area contributed by atoms with Crippen molar-refractivity contribution in [3.8, 4) is 5.75 Å². The zero-order valence-electron chi connectivity index (χ0n) is 12.0. The zero-order chi connectivity index (χ0) is 15.1. The first-order chi connectivity index (χ1) is 9.45. The van der Waals surface area contributed by atoms with Crippen LogP contribution >= 0.6 is 0 Å². The highest BCUT2D eigenvalue weighted by molar-refractivity contribution is 5.99. The Hall–Kier alpha value is -2.24. The van der Waals surface area contributed by atoms with E-state index in [0.29, 0.717) is 30.1 Å². The van der Waals surface area contributed by atoms with E-state index in [4.69, 9.17) is 10.5 Å². The van der Waals surface area contributed by atoms with Crippen LogP contribution < -0.4 is 21.1 Å². The van der Waals surface area contributed by atoms with E-state index in [0.717, 1.165) is 0 Å². The van der Waals surface area contributed by atoms with Crippen molar-refractivity contribution in [2.24, 2.45) is 5.92 Å². The van der Waals surface area contributed by atoms with Crippen LogP contribution in [0.15, 0.2) is 18.2 Å². The van der Waals surface area contributed by atoms with Gasteiger partial charge >= 0.3 is 0 Å².